The predicted molar refractivity (Wildman–Crippen MR) is 63.9 cm³/mol. The largest absolute Gasteiger partial charge is 0.368 e. The number of benzene rings is 1. The van der Waals surface area contributed by atoms with Crippen molar-refractivity contribution < 1.29 is 9.84 Å². The minimum atomic E-state index is -0.673. The first-order valence-corrected chi connectivity index (χ1v) is 5.57. The molecule has 0 amide bonds. The van der Waals surface area contributed by atoms with E-state index in [0.29, 0.717) is 13.0 Å². The lowest BCUT2D eigenvalue weighted by molar-refractivity contribution is -0.0927. The number of hydrogen-bond acceptors (Lipinski definition) is 2. The highest BCUT2D eigenvalue weighted by atomic mass is 16.6. The van der Waals surface area contributed by atoms with Crippen molar-refractivity contribution in [2.24, 2.45) is 0 Å². The average Bonchev–Trinajstić information content (AvgIpc) is 2.25. The average molecular weight is 210 g/mol. The normalized spacial score (nSPS) is 11.5. The maximum Gasteiger partial charge on any atom is 0.158 e. The van der Waals surface area contributed by atoms with Crippen LogP contribution in [0.4, 0.5) is 0 Å². The van der Waals surface area contributed by atoms with E-state index >= 15 is 0 Å². The summed E-state index contributed by atoms with van der Waals surface area (Å²) in [6, 6.07) is 8.09. The molecule has 1 unspecified atom stereocenters. The molecule has 0 radical (unpaired) electrons. The van der Waals surface area contributed by atoms with Gasteiger partial charge < -0.3 is 9.84 Å². The SMILES string of the molecule is CC.CCOC(O)Cc1ccc(C)cc1. The number of hydrogen-bond donors (Lipinski definition) is 1. The molecule has 1 aromatic rings. The Kier molecular flexibility index (Phi) is 7.96. The first-order chi connectivity index (χ1) is 7.22. The van der Waals surface area contributed by atoms with E-state index in [9.17, 15) is 5.11 Å². The van der Waals surface area contributed by atoms with Gasteiger partial charge in [0, 0.05) is 13.0 Å². The summed E-state index contributed by atoms with van der Waals surface area (Å²) in [5.41, 5.74) is 2.33. The summed E-state index contributed by atoms with van der Waals surface area (Å²) in [5.74, 6) is 0. The minimum Gasteiger partial charge on any atom is -0.368 e. The van der Waals surface area contributed by atoms with Gasteiger partial charge in [0.2, 0.25) is 0 Å². The predicted octanol–water partition coefficient (Wildman–Crippen LogP) is 2.92. The molecule has 0 spiro atoms. The summed E-state index contributed by atoms with van der Waals surface area (Å²) in [6.45, 7) is 8.47. The zero-order valence-electron chi connectivity index (χ0n) is 10.2. The molecule has 0 aliphatic rings. The first-order valence-electron chi connectivity index (χ1n) is 5.57. The van der Waals surface area contributed by atoms with Crippen LogP contribution in [0.1, 0.15) is 31.9 Å². The lowest BCUT2D eigenvalue weighted by atomic mass is 10.1. The Hall–Kier alpha value is -0.860. The number of ether oxygens (including phenoxy) is 1. The Morgan fingerprint density at radius 1 is 1.20 bits per heavy atom. The first kappa shape index (κ1) is 14.1. The van der Waals surface area contributed by atoms with Crippen LogP contribution in [0.3, 0.4) is 0 Å². The molecule has 2 heteroatoms. The molecular formula is C13H22O2. The van der Waals surface area contributed by atoms with Crippen molar-refractivity contribution in [1.82, 2.24) is 0 Å². The number of rotatable bonds is 4. The highest BCUT2D eigenvalue weighted by Gasteiger charge is 2.03. The quantitative estimate of drug-likeness (QED) is 0.774. The van der Waals surface area contributed by atoms with E-state index < -0.39 is 6.29 Å². The van der Waals surface area contributed by atoms with E-state index in [4.69, 9.17) is 4.74 Å². The summed E-state index contributed by atoms with van der Waals surface area (Å²) in [6.07, 6.45) is -0.110. The van der Waals surface area contributed by atoms with Gasteiger partial charge in [-0.05, 0) is 19.4 Å². The van der Waals surface area contributed by atoms with Crippen molar-refractivity contribution in [3.05, 3.63) is 35.4 Å². The number of aliphatic hydroxyl groups excluding tert-OH is 1. The van der Waals surface area contributed by atoms with Crippen LogP contribution in [0.15, 0.2) is 24.3 Å². The Morgan fingerprint density at radius 3 is 2.20 bits per heavy atom. The third-order valence-corrected chi connectivity index (χ3v) is 1.89. The highest BCUT2D eigenvalue weighted by Crippen LogP contribution is 2.06. The van der Waals surface area contributed by atoms with Crippen LogP contribution in [0, 0.1) is 6.92 Å². The molecule has 0 fully saturated rings. The molecule has 2 nitrogen and oxygen atoms in total. The molecule has 1 N–H and O–H groups in total. The molecule has 0 heterocycles. The number of aliphatic hydroxyl groups is 1. The van der Waals surface area contributed by atoms with Crippen LogP contribution in [0.5, 0.6) is 0 Å². The molecule has 1 atom stereocenters. The van der Waals surface area contributed by atoms with E-state index in [-0.39, 0.29) is 0 Å². The summed E-state index contributed by atoms with van der Waals surface area (Å²) < 4.78 is 5.03. The third kappa shape index (κ3) is 6.26. The van der Waals surface area contributed by atoms with Gasteiger partial charge in [0.1, 0.15) is 0 Å². The second-order valence-electron chi connectivity index (χ2n) is 3.10. The fourth-order valence-corrected chi connectivity index (χ4v) is 1.18. The maximum atomic E-state index is 9.35. The smallest absolute Gasteiger partial charge is 0.158 e. The maximum absolute atomic E-state index is 9.35. The van der Waals surface area contributed by atoms with Crippen LogP contribution in [-0.4, -0.2) is 18.0 Å². The molecule has 0 aromatic heterocycles. The van der Waals surface area contributed by atoms with Gasteiger partial charge in [0.05, 0.1) is 0 Å². The summed E-state index contributed by atoms with van der Waals surface area (Å²) in [4.78, 5) is 0. The van der Waals surface area contributed by atoms with Crippen LogP contribution in [-0.2, 0) is 11.2 Å². The summed E-state index contributed by atoms with van der Waals surface area (Å²) in [7, 11) is 0. The fraction of sp³-hybridized carbons (Fsp3) is 0.538. The zero-order chi connectivity index (χ0) is 11.7. The van der Waals surface area contributed by atoms with Gasteiger partial charge in [-0.2, -0.15) is 0 Å². The van der Waals surface area contributed by atoms with Crippen LogP contribution in [0.2, 0.25) is 0 Å². The van der Waals surface area contributed by atoms with Crippen molar-refractivity contribution >= 4 is 0 Å². The van der Waals surface area contributed by atoms with E-state index in [0.717, 1.165) is 5.56 Å². The Bertz CT molecular complexity index is 241. The second-order valence-corrected chi connectivity index (χ2v) is 3.10. The Balaban J connectivity index is 0.000000921. The molecule has 0 saturated carbocycles. The minimum absolute atomic E-state index is 0.549. The summed E-state index contributed by atoms with van der Waals surface area (Å²) >= 11 is 0. The van der Waals surface area contributed by atoms with Crippen molar-refractivity contribution in [3.63, 3.8) is 0 Å². The van der Waals surface area contributed by atoms with Gasteiger partial charge in [0.25, 0.3) is 0 Å². The third-order valence-electron chi connectivity index (χ3n) is 1.89. The van der Waals surface area contributed by atoms with Crippen molar-refractivity contribution in [1.29, 1.82) is 0 Å². The molecule has 1 aromatic carbocycles. The lowest BCUT2D eigenvalue weighted by Gasteiger charge is -2.10. The number of aryl methyl sites for hydroxylation is 1. The van der Waals surface area contributed by atoms with Gasteiger partial charge in [-0.15, -0.1) is 0 Å². The highest BCUT2D eigenvalue weighted by molar-refractivity contribution is 5.21. The molecule has 0 aliphatic carbocycles. The Morgan fingerprint density at radius 2 is 1.73 bits per heavy atom. The molecular weight excluding hydrogens is 188 g/mol. The molecule has 0 saturated heterocycles. The monoisotopic (exact) mass is 210 g/mol. The van der Waals surface area contributed by atoms with E-state index in [1.54, 1.807) is 0 Å². The molecule has 86 valence electrons. The second kappa shape index (κ2) is 8.45. The van der Waals surface area contributed by atoms with Gasteiger partial charge in [-0.25, -0.2) is 0 Å². The van der Waals surface area contributed by atoms with Gasteiger partial charge in [-0.3, -0.25) is 0 Å². The zero-order valence-corrected chi connectivity index (χ0v) is 10.2. The molecule has 15 heavy (non-hydrogen) atoms. The standard InChI is InChI=1S/C11H16O2.C2H6/c1-3-13-11(12)8-10-6-4-9(2)5-7-10;1-2/h4-7,11-12H,3,8H2,1-2H3;1-2H3. The van der Waals surface area contributed by atoms with Crippen molar-refractivity contribution in [2.75, 3.05) is 6.61 Å². The van der Waals surface area contributed by atoms with Gasteiger partial charge in [-0.1, -0.05) is 43.7 Å². The fourth-order valence-electron chi connectivity index (χ4n) is 1.18. The van der Waals surface area contributed by atoms with E-state index in [1.807, 2.05) is 52.0 Å². The summed E-state index contributed by atoms with van der Waals surface area (Å²) in [5, 5.41) is 9.35. The van der Waals surface area contributed by atoms with Crippen molar-refractivity contribution in [2.45, 2.75) is 40.4 Å². The van der Waals surface area contributed by atoms with Crippen molar-refractivity contribution in [3.8, 4) is 0 Å². The molecule has 1 rings (SSSR count). The van der Waals surface area contributed by atoms with E-state index in [1.165, 1.54) is 5.56 Å². The van der Waals surface area contributed by atoms with Gasteiger partial charge >= 0.3 is 0 Å². The van der Waals surface area contributed by atoms with Crippen LogP contribution in [0.25, 0.3) is 0 Å². The molecule has 0 aliphatic heterocycles. The topological polar surface area (TPSA) is 29.5 Å². The van der Waals surface area contributed by atoms with Crippen LogP contribution < -0.4 is 0 Å². The Labute approximate surface area is 92.9 Å². The lowest BCUT2D eigenvalue weighted by Crippen LogP contribution is -2.14. The molecule has 0 bridgehead atoms. The van der Waals surface area contributed by atoms with Crippen LogP contribution >= 0.6 is 0 Å². The van der Waals surface area contributed by atoms with Gasteiger partial charge in [0.15, 0.2) is 6.29 Å². The van der Waals surface area contributed by atoms with E-state index in [2.05, 4.69) is 0 Å².